The molecule has 0 bridgehead atoms. The maximum absolute atomic E-state index is 11.9. The molecule has 0 aromatic heterocycles. The third-order valence-electron chi connectivity index (χ3n) is 3.30. The van der Waals surface area contributed by atoms with Gasteiger partial charge in [0.2, 0.25) is 0 Å². The number of benzene rings is 2. The lowest BCUT2D eigenvalue weighted by molar-refractivity contribution is -0.146. The van der Waals surface area contributed by atoms with Crippen LogP contribution < -0.4 is 4.74 Å². The number of rotatable bonds is 6. The van der Waals surface area contributed by atoms with E-state index in [2.05, 4.69) is 0 Å². The Morgan fingerprint density at radius 1 is 1.10 bits per heavy atom. The highest BCUT2D eigenvalue weighted by Crippen LogP contribution is 2.16. The van der Waals surface area contributed by atoms with Crippen LogP contribution in [0.1, 0.15) is 11.1 Å². The Hall–Kier alpha value is -2.29. The Balaban J connectivity index is 2.01. The van der Waals surface area contributed by atoms with Crippen LogP contribution in [0.15, 0.2) is 54.6 Å². The van der Waals surface area contributed by atoms with Gasteiger partial charge in [0.05, 0.1) is 13.0 Å². The molecular weight excluding hydrogens is 264 g/mol. The minimum absolute atomic E-state index is 0.244. The van der Waals surface area contributed by atoms with E-state index >= 15 is 0 Å². The molecule has 2 aromatic carbocycles. The van der Waals surface area contributed by atoms with E-state index in [0.29, 0.717) is 13.0 Å². The fraction of sp³-hybridized carbons (Fsp3) is 0.278. The van der Waals surface area contributed by atoms with Crippen molar-refractivity contribution in [3.8, 4) is 5.75 Å². The average Bonchev–Trinajstić information content (AvgIpc) is 2.51. The van der Waals surface area contributed by atoms with E-state index in [9.17, 15) is 4.79 Å². The summed E-state index contributed by atoms with van der Waals surface area (Å²) in [7, 11) is 1.41. The van der Waals surface area contributed by atoms with Crippen LogP contribution in [0.5, 0.6) is 5.75 Å². The Kier molecular flexibility index (Phi) is 5.38. The van der Waals surface area contributed by atoms with E-state index in [0.717, 1.165) is 16.9 Å². The van der Waals surface area contributed by atoms with Gasteiger partial charge in [-0.3, -0.25) is 4.79 Å². The van der Waals surface area contributed by atoms with Gasteiger partial charge in [-0.05, 0) is 36.6 Å². The maximum atomic E-state index is 11.9. The summed E-state index contributed by atoms with van der Waals surface area (Å²) in [6, 6.07) is 17.7. The first-order valence-electron chi connectivity index (χ1n) is 7.00. The number of esters is 1. The largest absolute Gasteiger partial charge is 0.493 e. The lowest BCUT2D eigenvalue weighted by Crippen LogP contribution is -2.25. The monoisotopic (exact) mass is 284 g/mol. The van der Waals surface area contributed by atoms with E-state index < -0.39 is 0 Å². The molecule has 0 aliphatic carbocycles. The van der Waals surface area contributed by atoms with E-state index in [4.69, 9.17) is 9.47 Å². The van der Waals surface area contributed by atoms with Crippen molar-refractivity contribution in [1.29, 1.82) is 0 Å². The van der Waals surface area contributed by atoms with Crippen LogP contribution >= 0.6 is 0 Å². The van der Waals surface area contributed by atoms with Gasteiger partial charge < -0.3 is 9.47 Å². The van der Waals surface area contributed by atoms with Crippen molar-refractivity contribution >= 4 is 5.97 Å². The second-order valence-electron chi connectivity index (χ2n) is 5.04. The fourth-order valence-corrected chi connectivity index (χ4v) is 2.18. The molecule has 0 fully saturated rings. The Morgan fingerprint density at radius 3 is 2.52 bits per heavy atom. The summed E-state index contributed by atoms with van der Waals surface area (Å²) >= 11 is 0. The topological polar surface area (TPSA) is 35.5 Å². The highest BCUT2D eigenvalue weighted by atomic mass is 16.5. The van der Waals surface area contributed by atoms with Crippen LogP contribution in [0.3, 0.4) is 0 Å². The van der Waals surface area contributed by atoms with Crippen LogP contribution in [0, 0.1) is 12.8 Å². The zero-order valence-electron chi connectivity index (χ0n) is 12.4. The molecule has 1 atom stereocenters. The molecule has 0 radical (unpaired) electrons. The van der Waals surface area contributed by atoms with Crippen LogP contribution in [-0.4, -0.2) is 19.7 Å². The van der Waals surface area contributed by atoms with E-state index in [1.165, 1.54) is 7.11 Å². The standard InChI is InChI=1S/C18H20O3/c1-14-7-6-10-17(11-14)21-13-16(18(19)20-2)12-15-8-4-3-5-9-15/h3-11,16H,12-13H2,1-2H3. The highest BCUT2D eigenvalue weighted by molar-refractivity contribution is 5.72. The smallest absolute Gasteiger partial charge is 0.312 e. The quantitative estimate of drug-likeness (QED) is 0.763. The van der Waals surface area contributed by atoms with E-state index in [-0.39, 0.29) is 11.9 Å². The van der Waals surface area contributed by atoms with Crippen LogP contribution in [0.2, 0.25) is 0 Å². The molecule has 21 heavy (non-hydrogen) atoms. The third-order valence-corrected chi connectivity index (χ3v) is 3.30. The van der Waals surface area contributed by atoms with Crippen molar-refractivity contribution in [3.63, 3.8) is 0 Å². The van der Waals surface area contributed by atoms with Gasteiger partial charge in [0.25, 0.3) is 0 Å². The van der Waals surface area contributed by atoms with Gasteiger partial charge in [0.15, 0.2) is 0 Å². The van der Waals surface area contributed by atoms with Crippen LogP contribution in [0.25, 0.3) is 0 Å². The number of hydrogen-bond acceptors (Lipinski definition) is 3. The molecule has 0 N–H and O–H groups in total. The first-order chi connectivity index (χ1) is 10.2. The van der Waals surface area contributed by atoms with E-state index in [1.54, 1.807) is 0 Å². The van der Waals surface area contributed by atoms with Gasteiger partial charge in [-0.1, -0.05) is 42.5 Å². The Bertz CT molecular complexity index is 578. The third kappa shape index (κ3) is 4.63. The average molecular weight is 284 g/mol. The molecule has 0 saturated carbocycles. The number of carbonyl (C=O) groups excluding carboxylic acids is 1. The minimum atomic E-state index is -0.307. The predicted octanol–water partition coefficient (Wildman–Crippen LogP) is 3.41. The van der Waals surface area contributed by atoms with Crippen molar-refractivity contribution < 1.29 is 14.3 Å². The maximum Gasteiger partial charge on any atom is 0.312 e. The summed E-state index contributed by atoms with van der Waals surface area (Å²) in [5.41, 5.74) is 2.23. The normalized spacial score (nSPS) is 11.7. The predicted molar refractivity (Wildman–Crippen MR) is 82.3 cm³/mol. The Labute approximate surface area is 125 Å². The van der Waals surface area contributed by atoms with Crippen molar-refractivity contribution in [2.75, 3.05) is 13.7 Å². The molecule has 3 nitrogen and oxygen atoms in total. The molecule has 0 aliphatic rings. The first kappa shape index (κ1) is 15.1. The van der Waals surface area contributed by atoms with Gasteiger partial charge in [-0.15, -0.1) is 0 Å². The highest BCUT2D eigenvalue weighted by Gasteiger charge is 2.20. The lowest BCUT2D eigenvalue weighted by atomic mass is 10.0. The molecule has 2 rings (SSSR count). The van der Waals surface area contributed by atoms with E-state index in [1.807, 2.05) is 61.5 Å². The second kappa shape index (κ2) is 7.48. The number of aryl methyl sites for hydroxylation is 1. The minimum Gasteiger partial charge on any atom is -0.493 e. The SMILES string of the molecule is COC(=O)C(COc1cccc(C)c1)Cc1ccccc1. The van der Waals surface area contributed by atoms with Crippen molar-refractivity contribution in [1.82, 2.24) is 0 Å². The molecule has 110 valence electrons. The summed E-state index contributed by atoms with van der Waals surface area (Å²) in [5.74, 6) is 0.224. The zero-order chi connectivity index (χ0) is 15.1. The lowest BCUT2D eigenvalue weighted by Gasteiger charge is -2.16. The molecule has 0 aliphatic heterocycles. The summed E-state index contributed by atoms with van der Waals surface area (Å²) < 4.78 is 10.6. The molecule has 0 spiro atoms. The molecule has 0 saturated heterocycles. The van der Waals surface area contributed by atoms with Crippen LogP contribution in [-0.2, 0) is 16.0 Å². The van der Waals surface area contributed by atoms with Gasteiger partial charge >= 0.3 is 5.97 Å². The molecule has 0 amide bonds. The molecule has 2 aromatic rings. The molecule has 0 heterocycles. The molecule has 3 heteroatoms. The number of hydrogen-bond donors (Lipinski definition) is 0. The summed E-state index contributed by atoms with van der Waals surface area (Å²) in [5, 5.41) is 0. The van der Waals surface area contributed by atoms with Crippen molar-refractivity contribution in [3.05, 3.63) is 65.7 Å². The van der Waals surface area contributed by atoms with Crippen molar-refractivity contribution in [2.24, 2.45) is 5.92 Å². The fourth-order valence-electron chi connectivity index (χ4n) is 2.18. The van der Waals surface area contributed by atoms with Crippen LogP contribution in [0.4, 0.5) is 0 Å². The number of ether oxygens (including phenoxy) is 2. The summed E-state index contributed by atoms with van der Waals surface area (Å²) in [4.78, 5) is 11.9. The van der Waals surface area contributed by atoms with Crippen molar-refractivity contribution in [2.45, 2.75) is 13.3 Å². The zero-order valence-corrected chi connectivity index (χ0v) is 12.4. The van der Waals surface area contributed by atoms with Gasteiger partial charge in [-0.2, -0.15) is 0 Å². The number of methoxy groups -OCH3 is 1. The van der Waals surface area contributed by atoms with Gasteiger partial charge in [0.1, 0.15) is 12.4 Å². The summed E-state index contributed by atoms with van der Waals surface area (Å²) in [6.07, 6.45) is 0.610. The Morgan fingerprint density at radius 2 is 1.86 bits per heavy atom. The first-order valence-corrected chi connectivity index (χ1v) is 7.00. The molecule has 1 unspecified atom stereocenters. The second-order valence-corrected chi connectivity index (χ2v) is 5.04. The van der Waals surface area contributed by atoms with Gasteiger partial charge in [-0.25, -0.2) is 0 Å². The molecular formula is C18H20O3. The summed E-state index contributed by atoms with van der Waals surface area (Å²) in [6.45, 7) is 2.32. The van der Waals surface area contributed by atoms with Gasteiger partial charge in [0, 0.05) is 0 Å². The number of carbonyl (C=O) groups is 1.